The molecule has 5 heteroatoms. The van der Waals surface area contributed by atoms with Crippen LogP contribution in [0.2, 0.25) is 0 Å². The van der Waals surface area contributed by atoms with Crippen LogP contribution < -0.4 is 5.46 Å². The highest BCUT2D eigenvalue weighted by atomic mass is 16.7. The van der Waals surface area contributed by atoms with Gasteiger partial charge in [-0.15, -0.1) is 0 Å². The van der Waals surface area contributed by atoms with Crippen molar-refractivity contribution in [1.29, 1.82) is 0 Å². The first-order chi connectivity index (χ1) is 16.1. The van der Waals surface area contributed by atoms with E-state index in [1.807, 2.05) is 93.6 Å². The summed E-state index contributed by atoms with van der Waals surface area (Å²) in [4.78, 5) is 9.69. The molecule has 1 fully saturated rings. The van der Waals surface area contributed by atoms with Gasteiger partial charge in [0.15, 0.2) is 5.84 Å². The normalized spacial score (nSPS) is 18.6. The first kappa shape index (κ1) is 25.6. The number of amidine groups is 1. The molecule has 0 spiro atoms. The van der Waals surface area contributed by atoms with Crippen LogP contribution in [-0.2, 0) is 9.31 Å². The van der Waals surface area contributed by atoms with Gasteiger partial charge in [0, 0.05) is 11.3 Å². The Hall–Kier alpha value is -3.02. The molecule has 2 aromatic carbocycles. The number of benzene rings is 2. The van der Waals surface area contributed by atoms with Crippen molar-refractivity contribution in [1.82, 2.24) is 0 Å². The van der Waals surface area contributed by atoms with Gasteiger partial charge >= 0.3 is 7.12 Å². The lowest BCUT2D eigenvalue weighted by atomic mass is 9.78. The van der Waals surface area contributed by atoms with E-state index in [0.717, 1.165) is 27.9 Å². The summed E-state index contributed by atoms with van der Waals surface area (Å²) in [5, 5.41) is 0. The Bertz CT molecular complexity index is 1120. The van der Waals surface area contributed by atoms with Crippen LogP contribution in [0.4, 0.5) is 0 Å². The van der Waals surface area contributed by atoms with Crippen LogP contribution in [0.1, 0.15) is 59.6 Å². The zero-order valence-electron chi connectivity index (χ0n) is 21.4. The molecule has 0 saturated carbocycles. The fourth-order valence-corrected chi connectivity index (χ4v) is 3.54. The molecule has 2 aromatic rings. The molecule has 34 heavy (non-hydrogen) atoms. The molecule has 0 unspecified atom stereocenters. The zero-order valence-corrected chi connectivity index (χ0v) is 21.4. The third-order valence-electron chi connectivity index (χ3n) is 6.39. The molecule has 0 bridgehead atoms. The van der Waals surface area contributed by atoms with E-state index in [2.05, 4.69) is 34.3 Å². The summed E-state index contributed by atoms with van der Waals surface area (Å²) in [6.45, 7) is 18.4. The van der Waals surface area contributed by atoms with E-state index in [1.165, 1.54) is 0 Å². The van der Waals surface area contributed by atoms with Crippen LogP contribution in [0.3, 0.4) is 0 Å². The van der Waals surface area contributed by atoms with E-state index in [-0.39, 0.29) is 18.3 Å². The number of nitrogens with zero attached hydrogens (tertiary/aromatic N) is 2. The SMILES string of the molecule is C=C(N=C(N=C(C)c1ccc(B2OC(C)(C)C(C)(C)O2)cc1)C(/C=C\C)=C/C)c1ccccc1. The number of rotatable bonds is 6. The maximum atomic E-state index is 6.18. The molecular weight excluding hydrogens is 419 g/mol. The van der Waals surface area contributed by atoms with Gasteiger partial charge in [-0.3, -0.25) is 0 Å². The first-order valence-electron chi connectivity index (χ1n) is 11.7. The van der Waals surface area contributed by atoms with E-state index in [0.29, 0.717) is 11.5 Å². The highest BCUT2D eigenvalue weighted by Gasteiger charge is 2.51. The summed E-state index contributed by atoms with van der Waals surface area (Å²) in [6.07, 6.45) is 6.00. The van der Waals surface area contributed by atoms with Gasteiger partial charge < -0.3 is 9.31 Å². The van der Waals surface area contributed by atoms with E-state index < -0.39 is 0 Å². The third-order valence-corrected chi connectivity index (χ3v) is 6.39. The maximum absolute atomic E-state index is 6.18. The molecule has 1 heterocycles. The average Bonchev–Trinajstić information content (AvgIpc) is 3.04. The predicted molar refractivity (Wildman–Crippen MR) is 146 cm³/mol. The molecule has 0 atom stereocenters. The summed E-state index contributed by atoms with van der Waals surface area (Å²) < 4.78 is 12.4. The van der Waals surface area contributed by atoms with Crippen LogP contribution in [0.15, 0.2) is 95.0 Å². The van der Waals surface area contributed by atoms with E-state index in [4.69, 9.17) is 19.3 Å². The standard InChI is InChI=1S/C29H35BN2O2/c1-9-14-23(10-2)27(31-21(3)24-15-12-11-13-16-24)32-22(4)25-17-19-26(20-18-25)30-33-28(5,6)29(7,8)34-30/h9-20H,3H2,1-2,4-8H3/b14-9-,23-10+,31-27?,32-22?. The van der Waals surface area contributed by atoms with E-state index in [1.54, 1.807) is 0 Å². The van der Waals surface area contributed by atoms with Crippen molar-refractivity contribution < 1.29 is 9.31 Å². The molecule has 4 nitrogen and oxygen atoms in total. The molecule has 176 valence electrons. The van der Waals surface area contributed by atoms with Crippen molar-refractivity contribution in [3.63, 3.8) is 0 Å². The van der Waals surface area contributed by atoms with Gasteiger partial charge in [0.05, 0.1) is 16.9 Å². The van der Waals surface area contributed by atoms with Crippen molar-refractivity contribution in [2.45, 2.75) is 59.7 Å². The molecule has 1 aliphatic rings. The Morgan fingerprint density at radius 2 is 1.44 bits per heavy atom. The first-order valence-corrected chi connectivity index (χ1v) is 11.7. The highest BCUT2D eigenvalue weighted by molar-refractivity contribution is 6.62. The van der Waals surface area contributed by atoms with Crippen molar-refractivity contribution >= 4 is 29.8 Å². The Morgan fingerprint density at radius 1 is 0.853 bits per heavy atom. The lowest BCUT2D eigenvalue weighted by molar-refractivity contribution is 0.00578. The minimum absolute atomic E-state index is 0.365. The molecule has 1 saturated heterocycles. The van der Waals surface area contributed by atoms with Crippen molar-refractivity contribution in [3.8, 4) is 0 Å². The second-order valence-electron chi connectivity index (χ2n) is 9.40. The molecule has 0 aromatic heterocycles. The molecule has 3 rings (SSSR count). The van der Waals surface area contributed by atoms with Crippen LogP contribution in [0.25, 0.3) is 5.70 Å². The Kier molecular flexibility index (Phi) is 7.91. The largest absolute Gasteiger partial charge is 0.494 e. The lowest BCUT2D eigenvalue weighted by Gasteiger charge is -2.32. The molecule has 0 aliphatic carbocycles. The van der Waals surface area contributed by atoms with Gasteiger partial charge in [0.1, 0.15) is 0 Å². The van der Waals surface area contributed by atoms with Crippen molar-refractivity contribution in [2.24, 2.45) is 9.98 Å². The van der Waals surface area contributed by atoms with Crippen molar-refractivity contribution in [2.75, 3.05) is 0 Å². The van der Waals surface area contributed by atoms with Gasteiger partial charge in [-0.1, -0.05) is 79.4 Å². The summed E-state index contributed by atoms with van der Waals surface area (Å²) in [5.41, 5.74) is 4.71. The lowest BCUT2D eigenvalue weighted by Crippen LogP contribution is -2.41. The molecule has 0 N–H and O–H groups in total. The monoisotopic (exact) mass is 454 g/mol. The van der Waals surface area contributed by atoms with Crippen LogP contribution in [0, 0.1) is 0 Å². The number of hydrogen-bond donors (Lipinski definition) is 0. The second-order valence-corrected chi connectivity index (χ2v) is 9.40. The van der Waals surface area contributed by atoms with E-state index >= 15 is 0 Å². The number of allylic oxidation sites excluding steroid dienone is 2. The van der Waals surface area contributed by atoms with Gasteiger partial charge in [0.25, 0.3) is 0 Å². The summed E-state index contributed by atoms with van der Waals surface area (Å²) in [5.74, 6) is 0.627. The smallest absolute Gasteiger partial charge is 0.399 e. The Morgan fingerprint density at radius 3 is 1.97 bits per heavy atom. The topological polar surface area (TPSA) is 43.2 Å². The molecule has 0 amide bonds. The van der Waals surface area contributed by atoms with Crippen LogP contribution in [0.5, 0.6) is 0 Å². The van der Waals surface area contributed by atoms with Crippen molar-refractivity contribution in [3.05, 3.63) is 96.1 Å². The Labute approximate surface area is 205 Å². The van der Waals surface area contributed by atoms with Gasteiger partial charge in [-0.05, 0) is 65.1 Å². The number of hydrogen-bond acceptors (Lipinski definition) is 3. The predicted octanol–water partition coefficient (Wildman–Crippen LogP) is 6.39. The second kappa shape index (κ2) is 10.5. The Balaban J connectivity index is 1.90. The summed E-state index contributed by atoms with van der Waals surface area (Å²) >= 11 is 0. The highest BCUT2D eigenvalue weighted by Crippen LogP contribution is 2.36. The van der Waals surface area contributed by atoms with Gasteiger partial charge in [-0.25, -0.2) is 9.98 Å². The quantitative estimate of drug-likeness (QED) is 0.220. The molecular formula is C29H35BN2O2. The fourth-order valence-electron chi connectivity index (χ4n) is 3.54. The van der Waals surface area contributed by atoms with Crippen LogP contribution >= 0.6 is 0 Å². The minimum atomic E-state index is -0.382. The zero-order chi connectivity index (χ0) is 24.9. The van der Waals surface area contributed by atoms with Crippen LogP contribution in [-0.4, -0.2) is 29.9 Å². The molecule has 0 radical (unpaired) electrons. The maximum Gasteiger partial charge on any atom is 0.494 e. The number of aliphatic imine (C=N–C) groups is 2. The van der Waals surface area contributed by atoms with Gasteiger partial charge in [0.2, 0.25) is 0 Å². The fraction of sp³-hybridized carbons (Fsp3) is 0.310. The summed E-state index contributed by atoms with van der Waals surface area (Å²) in [7, 11) is -0.382. The molecule has 1 aliphatic heterocycles. The third kappa shape index (κ3) is 5.72. The minimum Gasteiger partial charge on any atom is -0.399 e. The van der Waals surface area contributed by atoms with Gasteiger partial charge in [-0.2, -0.15) is 0 Å². The summed E-state index contributed by atoms with van der Waals surface area (Å²) in [6, 6.07) is 18.1. The average molecular weight is 454 g/mol. The van der Waals surface area contributed by atoms with E-state index in [9.17, 15) is 0 Å².